The molecule has 2 heterocycles. The Morgan fingerprint density at radius 3 is 2.81 bits per heavy atom. The molecule has 2 nitrogen and oxygen atoms in total. The summed E-state index contributed by atoms with van der Waals surface area (Å²) < 4.78 is 7.62. The number of hydrogen-bond donors (Lipinski definition) is 1. The van der Waals surface area contributed by atoms with Gasteiger partial charge in [-0.05, 0) is 84.4 Å². The summed E-state index contributed by atoms with van der Waals surface area (Å²) in [7, 11) is 2.10. The van der Waals surface area contributed by atoms with Crippen LogP contribution in [0.25, 0.3) is 0 Å². The molecular formula is C17H24INOS. The molecule has 3 rings (SSSR count). The van der Waals surface area contributed by atoms with Crippen LogP contribution in [0.3, 0.4) is 0 Å². The first-order valence-corrected chi connectivity index (χ1v) is 10.1. The third-order valence-electron chi connectivity index (χ3n) is 4.96. The molecule has 116 valence electrons. The van der Waals surface area contributed by atoms with Crippen LogP contribution < -0.4 is 5.32 Å². The van der Waals surface area contributed by atoms with E-state index in [9.17, 15) is 0 Å². The molecule has 21 heavy (non-hydrogen) atoms. The first-order valence-electron chi connectivity index (χ1n) is 7.87. The Balaban J connectivity index is 1.79. The standard InChI is InChI=1S/C17H24INOS/c1-19-16(14-4-2-3-5-15(14)18)13-6-9-20-17(12-13)7-10-21-11-8-17/h2-5,13,16,19H,6-12H2,1H3. The van der Waals surface area contributed by atoms with Gasteiger partial charge in [-0.15, -0.1) is 0 Å². The fourth-order valence-electron chi connectivity index (χ4n) is 3.81. The third-order valence-corrected chi connectivity index (χ3v) is 6.93. The predicted octanol–water partition coefficient (Wildman–Crippen LogP) is 4.24. The molecule has 2 unspecified atom stereocenters. The first-order chi connectivity index (χ1) is 10.2. The molecule has 2 fully saturated rings. The van der Waals surface area contributed by atoms with Gasteiger partial charge in [-0.2, -0.15) is 11.8 Å². The fraction of sp³-hybridized carbons (Fsp3) is 0.647. The highest BCUT2D eigenvalue weighted by atomic mass is 127. The van der Waals surface area contributed by atoms with E-state index in [0.29, 0.717) is 12.0 Å². The number of hydrogen-bond acceptors (Lipinski definition) is 3. The molecule has 0 radical (unpaired) electrons. The molecule has 4 heteroatoms. The Labute approximate surface area is 145 Å². The Morgan fingerprint density at radius 2 is 2.10 bits per heavy atom. The van der Waals surface area contributed by atoms with E-state index in [2.05, 4.69) is 71.0 Å². The summed E-state index contributed by atoms with van der Waals surface area (Å²) in [6.07, 6.45) is 4.85. The maximum atomic E-state index is 6.25. The van der Waals surface area contributed by atoms with Crippen molar-refractivity contribution in [1.82, 2.24) is 5.32 Å². The number of halogens is 1. The molecule has 1 aromatic carbocycles. The van der Waals surface area contributed by atoms with E-state index in [1.165, 1.54) is 46.3 Å². The van der Waals surface area contributed by atoms with Crippen molar-refractivity contribution >= 4 is 34.4 Å². The van der Waals surface area contributed by atoms with Crippen LogP contribution in [0.4, 0.5) is 0 Å². The minimum Gasteiger partial charge on any atom is -0.375 e. The van der Waals surface area contributed by atoms with E-state index < -0.39 is 0 Å². The zero-order chi connectivity index (χ0) is 14.7. The van der Waals surface area contributed by atoms with E-state index in [-0.39, 0.29) is 5.60 Å². The average Bonchev–Trinajstić information content (AvgIpc) is 2.51. The first kappa shape index (κ1) is 16.1. The van der Waals surface area contributed by atoms with Gasteiger partial charge in [0.05, 0.1) is 5.60 Å². The van der Waals surface area contributed by atoms with Gasteiger partial charge < -0.3 is 10.1 Å². The molecule has 1 aromatic rings. The second kappa shape index (κ2) is 7.20. The van der Waals surface area contributed by atoms with Crippen molar-refractivity contribution in [3.8, 4) is 0 Å². The molecule has 1 spiro atoms. The van der Waals surface area contributed by atoms with Crippen LogP contribution in [0.2, 0.25) is 0 Å². The summed E-state index contributed by atoms with van der Waals surface area (Å²) >= 11 is 4.55. The lowest BCUT2D eigenvalue weighted by Crippen LogP contribution is -2.45. The monoisotopic (exact) mass is 417 g/mol. The van der Waals surface area contributed by atoms with Crippen molar-refractivity contribution in [2.45, 2.75) is 37.3 Å². The Hall–Kier alpha value is 0.220. The molecule has 2 aliphatic rings. The highest BCUT2D eigenvalue weighted by Gasteiger charge is 2.41. The van der Waals surface area contributed by atoms with Crippen molar-refractivity contribution in [3.05, 3.63) is 33.4 Å². The zero-order valence-corrected chi connectivity index (χ0v) is 15.6. The van der Waals surface area contributed by atoms with Crippen molar-refractivity contribution in [3.63, 3.8) is 0 Å². The minimum atomic E-state index is 0.170. The maximum absolute atomic E-state index is 6.25. The van der Waals surface area contributed by atoms with Crippen LogP contribution in [0.1, 0.15) is 37.3 Å². The lowest BCUT2D eigenvalue weighted by molar-refractivity contribution is -0.107. The molecule has 2 aliphatic heterocycles. The number of thioether (sulfide) groups is 1. The summed E-state index contributed by atoms with van der Waals surface area (Å²) in [5, 5.41) is 3.59. The smallest absolute Gasteiger partial charge is 0.0701 e. The second-order valence-corrected chi connectivity index (χ2v) is 8.57. The molecule has 1 N–H and O–H groups in total. The molecule has 2 atom stereocenters. The number of rotatable bonds is 3. The lowest BCUT2D eigenvalue weighted by atomic mass is 9.77. The van der Waals surface area contributed by atoms with Crippen LogP contribution in [0, 0.1) is 9.49 Å². The fourth-order valence-corrected chi connectivity index (χ4v) is 5.77. The number of benzene rings is 1. The minimum absolute atomic E-state index is 0.170. The second-order valence-electron chi connectivity index (χ2n) is 6.18. The predicted molar refractivity (Wildman–Crippen MR) is 98.9 cm³/mol. The summed E-state index contributed by atoms with van der Waals surface area (Å²) in [6.45, 7) is 0.928. The van der Waals surface area contributed by atoms with Crippen molar-refractivity contribution in [2.75, 3.05) is 25.2 Å². The molecule has 0 aromatic heterocycles. The molecule has 0 aliphatic carbocycles. The quantitative estimate of drug-likeness (QED) is 0.744. The van der Waals surface area contributed by atoms with Crippen LogP contribution in [-0.4, -0.2) is 30.8 Å². The maximum Gasteiger partial charge on any atom is 0.0701 e. The van der Waals surface area contributed by atoms with Crippen molar-refractivity contribution < 1.29 is 4.74 Å². The van der Waals surface area contributed by atoms with Gasteiger partial charge >= 0.3 is 0 Å². The van der Waals surface area contributed by atoms with Gasteiger partial charge in [0.25, 0.3) is 0 Å². The molecular weight excluding hydrogens is 393 g/mol. The average molecular weight is 417 g/mol. The number of ether oxygens (including phenoxy) is 1. The van der Waals surface area contributed by atoms with Gasteiger partial charge in [-0.3, -0.25) is 0 Å². The third kappa shape index (κ3) is 3.59. The van der Waals surface area contributed by atoms with Crippen LogP contribution in [-0.2, 0) is 4.74 Å². The normalized spacial score (nSPS) is 26.7. The summed E-state index contributed by atoms with van der Waals surface area (Å²) in [5.74, 6) is 3.21. The Kier molecular flexibility index (Phi) is 5.51. The molecule has 0 saturated carbocycles. The SMILES string of the molecule is CNC(c1ccccc1I)C1CCOC2(CCSCC2)C1. The van der Waals surface area contributed by atoms with E-state index in [1.54, 1.807) is 0 Å². The van der Waals surface area contributed by atoms with Crippen molar-refractivity contribution in [1.29, 1.82) is 0 Å². The van der Waals surface area contributed by atoms with Gasteiger partial charge in [0.2, 0.25) is 0 Å². The van der Waals surface area contributed by atoms with Gasteiger partial charge in [-0.1, -0.05) is 18.2 Å². The van der Waals surface area contributed by atoms with Gasteiger partial charge in [0.15, 0.2) is 0 Å². The topological polar surface area (TPSA) is 21.3 Å². The van der Waals surface area contributed by atoms with E-state index in [4.69, 9.17) is 4.74 Å². The van der Waals surface area contributed by atoms with Crippen LogP contribution in [0.5, 0.6) is 0 Å². The molecule has 2 saturated heterocycles. The summed E-state index contributed by atoms with van der Waals surface area (Å²) in [6, 6.07) is 9.23. The van der Waals surface area contributed by atoms with Gasteiger partial charge in [0, 0.05) is 16.2 Å². The summed E-state index contributed by atoms with van der Waals surface area (Å²) in [5.41, 5.74) is 1.62. The van der Waals surface area contributed by atoms with E-state index in [0.717, 1.165) is 6.61 Å². The highest BCUT2D eigenvalue weighted by Crippen LogP contribution is 2.43. The molecule has 0 amide bonds. The zero-order valence-electron chi connectivity index (χ0n) is 12.6. The number of nitrogens with one attached hydrogen (secondary N) is 1. The van der Waals surface area contributed by atoms with Crippen LogP contribution >= 0.6 is 34.4 Å². The summed E-state index contributed by atoms with van der Waals surface area (Å²) in [4.78, 5) is 0. The Bertz CT molecular complexity index is 470. The van der Waals surface area contributed by atoms with Gasteiger partial charge in [-0.25, -0.2) is 0 Å². The van der Waals surface area contributed by atoms with Crippen molar-refractivity contribution in [2.24, 2.45) is 5.92 Å². The highest BCUT2D eigenvalue weighted by molar-refractivity contribution is 14.1. The Morgan fingerprint density at radius 1 is 1.33 bits per heavy atom. The van der Waals surface area contributed by atoms with E-state index in [1.807, 2.05) is 0 Å². The van der Waals surface area contributed by atoms with Crippen LogP contribution in [0.15, 0.2) is 24.3 Å². The molecule has 0 bridgehead atoms. The van der Waals surface area contributed by atoms with Gasteiger partial charge in [0.1, 0.15) is 0 Å². The van der Waals surface area contributed by atoms with E-state index >= 15 is 0 Å². The lowest BCUT2D eigenvalue weighted by Gasteiger charge is -2.45. The largest absolute Gasteiger partial charge is 0.375 e.